The standard InChI is InChI=1S/C16H20BrN3O3/c1-16(2,3)19-15(23)18-7-4-8-20-13(21)11-6-5-10(17)9-12(11)14(20)22/h5-6,9H,4,7-8H2,1-3H3,(H2,18,19,23). The first-order valence-electron chi connectivity index (χ1n) is 7.41. The fraction of sp³-hybridized carbons (Fsp3) is 0.438. The molecule has 0 aromatic heterocycles. The molecule has 2 rings (SSSR count). The summed E-state index contributed by atoms with van der Waals surface area (Å²) in [7, 11) is 0. The normalized spacial score (nSPS) is 14.0. The third-order valence-electron chi connectivity index (χ3n) is 3.27. The summed E-state index contributed by atoms with van der Waals surface area (Å²) in [6.45, 7) is 6.34. The molecule has 23 heavy (non-hydrogen) atoms. The zero-order chi connectivity index (χ0) is 17.2. The number of hydrogen-bond acceptors (Lipinski definition) is 3. The Morgan fingerprint density at radius 1 is 1.17 bits per heavy atom. The van der Waals surface area contributed by atoms with Crippen molar-refractivity contribution in [1.82, 2.24) is 15.5 Å². The summed E-state index contributed by atoms with van der Waals surface area (Å²) in [5.74, 6) is -0.568. The molecule has 1 heterocycles. The number of carbonyl (C=O) groups is 3. The lowest BCUT2D eigenvalue weighted by Gasteiger charge is -2.21. The first-order valence-corrected chi connectivity index (χ1v) is 8.20. The second kappa shape index (κ2) is 6.70. The highest BCUT2D eigenvalue weighted by Gasteiger charge is 2.34. The number of urea groups is 1. The molecule has 1 aromatic carbocycles. The third-order valence-corrected chi connectivity index (χ3v) is 3.76. The number of fused-ring (bicyclic) bond motifs is 1. The first kappa shape index (κ1) is 17.5. The van der Waals surface area contributed by atoms with Crippen LogP contribution in [0.2, 0.25) is 0 Å². The maximum absolute atomic E-state index is 12.3. The van der Waals surface area contributed by atoms with E-state index in [-0.39, 0.29) is 29.9 Å². The summed E-state index contributed by atoms with van der Waals surface area (Å²) in [5.41, 5.74) is 0.541. The Hall–Kier alpha value is -1.89. The summed E-state index contributed by atoms with van der Waals surface area (Å²) in [4.78, 5) is 37.3. The van der Waals surface area contributed by atoms with Crippen molar-refractivity contribution in [2.24, 2.45) is 0 Å². The number of hydrogen-bond donors (Lipinski definition) is 2. The summed E-state index contributed by atoms with van der Waals surface area (Å²) in [6.07, 6.45) is 0.504. The van der Waals surface area contributed by atoms with Crippen LogP contribution in [-0.2, 0) is 0 Å². The number of amides is 4. The van der Waals surface area contributed by atoms with Gasteiger partial charge in [-0.2, -0.15) is 0 Å². The molecule has 124 valence electrons. The Labute approximate surface area is 143 Å². The van der Waals surface area contributed by atoms with Crippen molar-refractivity contribution in [3.63, 3.8) is 0 Å². The van der Waals surface area contributed by atoms with Crippen LogP contribution in [0.25, 0.3) is 0 Å². The van der Waals surface area contributed by atoms with E-state index in [4.69, 9.17) is 0 Å². The number of carbonyl (C=O) groups excluding carboxylic acids is 3. The van der Waals surface area contributed by atoms with Gasteiger partial charge in [-0.1, -0.05) is 15.9 Å². The highest BCUT2D eigenvalue weighted by molar-refractivity contribution is 9.10. The predicted molar refractivity (Wildman–Crippen MR) is 90.4 cm³/mol. The average molecular weight is 382 g/mol. The molecule has 0 radical (unpaired) electrons. The number of nitrogens with one attached hydrogen (secondary N) is 2. The topological polar surface area (TPSA) is 78.5 Å². The number of rotatable bonds is 4. The third kappa shape index (κ3) is 4.31. The minimum absolute atomic E-state index is 0.260. The van der Waals surface area contributed by atoms with Gasteiger partial charge in [-0.25, -0.2) is 4.79 Å². The summed E-state index contributed by atoms with van der Waals surface area (Å²) >= 11 is 3.30. The van der Waals surface area contributed by atoms with E-state index < -0.39 is 0 Å². The molecule has 2 N–H and O–H groups in total. The van der Waals surface area contributed by atoms with E-state index in [1.54, 1.807) is 18.2 Å². The zero-order valence-electron chi connectivity index (χ0n) is 13.4. The van der Waals surface area contributed by atoms with E-state index >= 15 is 0 Å². The number of imide groups is 1. The molecule has 7 heteroatoms. The molecule has 1 aliphatic heterocycles. The van der Waals surface area contributed by atoms with Gasteiger partial charge in [-0.3, -0.25) is 14.5 Å². The van der Waals surface area contributed by atoms with Crippen LogP contribution < -0.4 is 10.6 Å². The van der Waals surface area contributed by atoms with Gasteiger partial charge in [0.2, 0.25) is 0 Å². The van der Waals surface area contributed by atoms with Gasteiger partial charge >= 0.3 is 6.03 Å². The summed E-state index contributed by atoms with van der Waals surface area (Å²) < 4.78 is 0.764. The lowest BCUT2D eigenvalue weighted by atomic mass is 10.1. The van der Waals surface area contributed by atoms with Crippen LogP contribution in [0.4, 0.5) is 4.79 Å². The Balaban J connectivity index is 1.85. The van der Waals surface area contributed by atoms with Crippen molar-refractivity contribution in [3.8, 4) is 0 Å². The highest BCUT2D eigenvalue weighted by Crippen LogP contribution is 2.25. The molecule has 1 aromatic rings. The van der Waals surface area contributed by atoms with Gasteiger partial charge in [-0.05, 0) is 45.4 Å². The summed E-state index contributed by atoms with van der Waals surface area (Å²) in [6, 6.07) is 4.79. The van der Waals surface area contributed by atoms with Crippen molar-refractivity contribution in [2.45, 2.75) is 32.7 Å². The molecule has 0 bridgehead atoms. The lowest BCUT2D eigenvalue weighted by Crippen LogP contribution is -2.47. The van der Waals surface area contributed by atoms with Crippen LogP contribution in [0.5, 0.6) is 0 Å². The van der Waals surface area contributed by atoms with Crippen LogP contribution in [0.1, 0.15) is 47.9 Å². The smallest absolute Gasteiger partial charge is 0.315 e. The SMILES string of the molecule is CC(C)(C)NC(=O)NCCCN1C(=O)c2ccc(Br)cc2C1=O. The molecule has 0 atom stereocenters. The van der Waals surface area contributed by atoms with Crippen molar-refractivity contribution in [2.75, 3.05) is 13.1 Å². The monoisotopic (exact) mass is 381 g/mol. The van der Waals surface area contributed by atoms with Crippen molar-refractivity contribution >= 4 is 33.8 Å². The summed E-state index contributed by atoms with van der Waals surface area (Å²) in [5, 5.41) is 5.50. The highest BCUT2D eigenvalue weighted by atomic mass is 79.9. The largest absolute Gasteiger partial charge is 0.338 e. The maximum Gasteiger partial charge on any atom is 0.315 e. The van der Waals surface area contributed by atoms with Crippen LogP contribution in [0.3, 0.4) is 0 Å². The van der Waals surface area contributed by atoms with Gasteiger partial charge < -0.3 is 10.6 Å². The molecule has 0 spiro atoms. The Bertz CT molecular complexity index is 652. The van der Waals surface area contributed by atoms with Crippen LogP contribution >= 0.6 is 15.9 Å². The second-order valence-electron chi connectivity index (χ2n) is 6.44. The minimum atomic E-state index is -0.306. The molecule has 4 amide bonds. The van der Waals surface area contributed by atoms with Crippen LogP contribution in [0.15, 0.2) is 22.7 Å². The predicted octanol–water partition coefficient (Wildman–Crippen LogP) is 2.53. The van der Waals surface area contributed by atoms with E-state index in [9.17, 15) is 14.4 Å². The fourth-order valence-electron chi connectivity index (χ4n) is 2.29. The molecular formula is C16H20BrN3O3. The number of nitrogens with zero attached hydrogens (tertiary/aromatic N) is 1. The Morgan fingerprint density at radius 2 is 1.83 bits per heavy atom. The van der Waals surface area contributed by atoms with Crippen molar-refractivity contribution in [1.29, 1.82) is 0 Å². The second-order valence-corrected chi connectivity index (χ2v) is 7.35. The molecule has 6 nitrogen and oxygen atoms in total. The van der Waals surface area contributed by atoms with E-state index in [1.165, 1.54) is 4.90 Å². The van der Waals surface area contributed by atoms with Gasteiger partial charge in [0.05, 0.1) is 11.1 Å². The van der Waals surface area contributed by atoms with Gasteiger partial charge in [-0.15, -0.1) is 0 Å². The number of halogens is 1. The molecular weight excluding hydrogens is 362 g/mol. The Kier molecular flexibility index (Phi) is 5.09. The minimum Gasteiger partial charge on any atom is -0.338 e. The van der Waals surface area contributed by atoms with E-state index in [2.05, 4.69) is 26.6 Å². The molecule has 0 aliphatic carbocycles. The van der Waals surface area contributed by atoms with Crippen molar-refractivity contribution in [3.05, 3.63) is 33.8 Å². The lowest BCUT2D eigenvalue weighted by molar-refractivity contribution is 0.0653. The first-order chi connectivity index (χ1) is 10.7. The van der Waals surface area contributed by atoms with E-state index in [0.717, 1.165) is 4.47 Å². The van der Waals surface area contributed by atoms with Crippen molar-refractivity contribution < 1.29 is 14.4 Å². The molecule has 1 aliphatic rings. The van der Waals surface area contributed by atoms with Gasteiger partial charge in [0.1, 0.15) is 0 Å². The van der Waals surface area contributed by atoms with Gasteiger partial charge in [0.15, 0.2) is 0 Å². The van der Waals surface area contributed by atoms with Crippen LogP contribution in [0, 0.1) is 0 Å². The molecule has 0 unspecified atom stereocenters. The van der Waals surface area contributed by atoms with E-state index in [0.29, 0.717) is 24.1 Å². The quantitative estimate of drug-likeness (QED) is 0.621. The van der Waals surface area contributed by atoms with Crippen LogP contribution in [-0.4, -0.2) is 41.4 Å². The number of benzene rings is 1. The fourth-order valence-corrected chi connectivity index (χ4v) is 2.65. The Morgan fingerprint density at radius 3 is 2.48 bits per heavy atom. The average Bonchev–Trinajstić information content (AvgIpc) is 2.65. The zero-order valence-corrected chi connectivity index (χ0v) is 15.0. The molecule has 0 fully saturated rings. The van der Waals surface area contributed by atoms with Gasteiger partial charge in [0.25, 0.3) is 11.8 Å². The molecule has 0 saturated heterocycles. The van der Waals surface area contributed by atoms with Gasteiger partial charge in [0, 0.05) is 23.1 Å². The molecule has 0 saturated carbocycles. The van der Waals surface area contributed by atoms with E-state index in [1.807, 2.05) is 20.8 Å². The maximum atomic E-state index is 12.3.